The van der Waals surface area contributed by atoms with Crippen molar-refractivity contribution in [2.75, 3.05) is 11.3 Å². The van der Waals surface area contributed by atoms with Crippen LogP contribution < -0.4 is 10.5 Å². The largest absolute Gasteiger partial charge is 0.396 e. The van der Waals surface area contributed by atoms with Gasteiger partial charge in [0.2, 0.25) is 0 Å². The van der Waals surface area contributed by atoms with Crippen LogP contribution in [0.3, 0.4) is 0 Å². The zero-order valence-corrected chi connectivity index (χ0v) is 12.3. The summed E-state index contributed by atoms with van der Waals surface area (Å²) in [6.45, 7) is 0.224. The van der Waals surface area contributed by atoms with Gasteiger partial charge in [0.15, 0.2) is 0 Å². The molecule has 112 valence electrons. The van der Waals surface area contributed by atoms with E-state index in [4.69, 9.17) is 10.8 Å². The minimum absolute atomic E-state index is 0.0644. The van der Waals surface area contributed by atoms with Crippen LogP contribution in [0.2, 0.25) is 0 Å². The Bertz CT molecular complexity index is 697. The number of aliphatic hydroxyl groups is 1. The molecule has 5 nitrogen and oxygen atoms in total. The molecule has 0 saturated heterocycles. The van der Waals surface area contributed by atoms with E-state index in [9.17, 15) is 8.42 Å². The van der Waals surface area contributed by atoms with Crippen LogP contribution in [-0.4, -0.2) is 20.1 Å². The minimum atomic E-state index is -3.66. The Morgan fingerprint density at radius 3 is 2.33 bits per heavy atom. The van der Waals surface area contributed by atoms with Crippen molar-refractivity contribution in [2.24, 2.45) is 5.73 Å². The number of aliphatic hydroxyl groups excluding tert-OH is 1. The first-order chi connectivity index (χ1) is 10.1. The second kappa shape index (κ2) is 6.71. The van der Waals surface area contributed by atoms with Gasteiger partial charge >= 0.3 is 0 Å². The van der Waals surface area contributed by atoms with Crippen LogP contribution in [0.5, 0.6) is 0 Å². The third kappa shape index (κ3) is 3.81. The highest BCUT2D eigenvalue weighted by Gasteiger charge is 2.17. The van der Waals surface area contributed by atoms with E-state index in [1.165, 1.54) is 6.07 Å². The standard InChI is InChI=1S/C15H18N2O3S/c16-11-13-3-1-2-4-15(13)21(19,20)17-14-7-5-12(6-8-14)9-10-18/h1-8,17-18H,9-11,16H2. The van der Waals surface area contributed by atoms with Gasteiger partial charge in [0.25, 0.3) is 10.0 Å². The van der Waals surface area contributed by atoms with E-state index >= 15 is 0 Å². The topological polar surface area (TPSA) is 92.4 Å². The number of nitrogens with two attached hydrogens (primary N) is 1. The molecule has 0 atom stereocenters. The number of hydrogen-bond donors (Lipinski definition) is 3. The molecule has 0 bridgehead atoms. The summed E-state index contributed by atoms with van der Waals surface area (Å²) in [5, 5.41) is 8.86. The first kappa shape index (κ1) is 15.5. The number of benzene rings is 2. The molecule has 2 aromatic carbocycles. The fourth-order valence-electron chi connectivity index (χ4n) is 2.01. The molecule has 2 rings (SSSR count). The average molecular weight is 306 g/mol. The molecule has 0 aliphatic heterocycles. The molecule has 0 amide bonds. The highest BCUT2D eigenvalue weighted by atomic mass is 32.2. The van der Waals surface area contributed by atoms with Gasteiger partial charge in [-0.05, 0) is 35.7 Å². The van der Waals surface area contributed by atoms with Crippen molar-refractivity contribution in [2.45, 2.75) is 17.9 Å². The normalized spacial score (nSPS) is 11.3. The maximum absolute atomic E-state index is 12.4. The Hall–Kier alpha value is -1.89. The Morgan fingerprint density at radius 1 is 1.05 bits per heavy atom. The van der Waals surface area contributed by atoms with Crippen molar-refractivity contribution in [1.29, 1.82) is 0 Å². The number of sulfonamides is 1. The fourth-order valence-corrected chi connectivity index (χ4v) is 3.32. The molecular weight excluding hydrogens is 288 g/mol. The van der Waals surface area contributed by atoms with Crippen LogP contribution in [-0.2, 0) is 23.0 Å². The zero-order chi connectivity index (χ0) is 15.3. The summed E-state index contributed by atoms with van der Waals surface area (Å²) >= 11 is 0. The molecule has 0 aliphatic carbocycles. The monoisotopic (exact) mass is 306 g/mol. The summed E-state index contributed by atoms with van der Waals surface area (Å²) in [7, 11) is -3.66. The number of hydrogen-bond acceptors (Lipinski definition) is 4. The summed E-state index contributed by atoms with van der Waals surface area (Å²) < 4.78 is 27.3. The van der Waals surface area contributed by atoms with Gasteiger partial charge in [0.05, 0.1) is 4.90 Å². The Morgan fingerprint density at radius 2 is 1.71 bits per heavy atom. The van der Waals surface area contributed by atoms with Gasteiger partial charge in [0, 0.05) is 18.8 Å². The molecule has 0 aliphatic rings. The molecular formula is C15H18N2O3S. The van der Waals surface area contributed by atoms with E-state index in [0.29, 0.717) is 17.7 Å². The van der Waals surface area contributed by atoms with Crippen molar-refractivity contribution in [3.63, 3.8) is 0 Å². The van der Waals surface area contributed by atoms with E-state index in [0.717, 1.165) is 5.56 Å². The first-order valence-corrected chi connectivity index (χ1v) is 8.06. The molecule has 21 heavy (non-hydrogen) atoms. The quantitative estimate of drug-likeness (QED) is 0.753. The lowest BCUT2D eigenvalue weighted by Crippen LogP contribution is -2.16. The van der Waals surface area contributed by atoms with Crippen LogP contribution in [0.4, 0.5) is 5.69 Å². The maximum atomic E-state index is 12.4. The maximum Gasteiger partial charge on any atom is 0.262 e. The van der Waals surface area contributed by atoms with Crippen molar-refractivity contribution in [3.05, 3.63) is 59.7 Å². The van der Waals surface area contributed by atoms with Crippen LogP contribution in [0.25, 0.3) is 0 Å². The Kier molecular flexibility index (Phi) is 4.95. The predicted molar refractivity (Wildman–Crippen MR) is 82.4 cm³/mol. The number of rotatable bonds is 6. The molecule has 2 aromatic rings. The second-order valence-electron chi connectivity index (χ2n) is 4.59. The van der Waals surface area contributed by atoms with Gasteiger partial charge in [-0.25, -0.2) is 8.42 Å². The van der Waals surface area contributed by atoms with Crippen molar-refractivity contribution in [3.8, 4) is 0 Å². The SMILES string of the molecule is NCc1ccccc1S(=O)(=O)Nc1ccc(CCO)cc1. The third-order valence-electron chi connectivity index (χ3n) is 3.09. The van der Waals surface area contributed by atoms with Gasteiger partial charge in [0.1, 0.15) is 0 Å². The predicted octanol–water partition coefficient (Wildman–Crippen LogP) is 1.48. The molecule has 0 heterocycles. The highest BCUT2D eigenvalue weighted by molar-refractivity contribution is 7.92. The first-order valence-electron chi connectivity index (χ1n) is 6.57. The molecule has 0 saturated carbocycles. The summed E-state index contributed by atoms with van der Waals surface area (Å²) in [6, 6.07) is 13.6. The Labute approximate surface area is 124 Å². The average Bonchev–Trinajstić information content (AvgIpc) is 2.49. The molecule has 6 heteroatoms. The van der Waals surface area contributed by atoms with E-state index in [2.05, 4.69) is 4.72 Å². The summed E-state index contributed by atoms with van der Waals surface area (Å²) in [4.78, 5) is 0.187. The van der Waals surface area contributed by atoms with E-state index in [-0.39, 0.29) is 18.0 Å². The number of anilines is 1. The van der Waals surface area contributed by atoms with Crippen molar-refractivity contribution in [1.82, 2.24) is 0 Å². The molecule has 0 fully saturated rings. The lowest BCUT2D eigenvalue weighted by molar-refractivity contribution is 0.299. The Balaban J connectivity index is 2.24. The minimum Gasteiger partial charge on any atom is -0.396 e. The van der Waals surface area contributed by atoms with Crippen LogP contribution in [0.15, 0.2) is 53.4 Å². The lowest BCUT2D eigenvalue weighted by Gasteiger charge is -2.11. The van der Waals surface area contributed by atoms with Crippen LogP contribution >= 0.6 is 0 Å². The van der Waals surface area contributed by atoms with Gasteiger partial charge in [-0.1, -0.05) is 30.3 Å². The summed E-state index contributed by atoms with van der Waals surface area (Å²) in [6.07, 6.45) is 0.545. The van der Waals surface area contributed by atoms with E-state index in [1.807, 2.05) is 0 Å². The van der Waals surface area contributed by atoms with Gasteiger partial charge in [-0.3, -0.25) is 4.72 Å². The number of nitrogens with one attached hydrogen (secondary N) is 1. The van der Waals surface area contributed by atoms with E-state index in [1.54, 1.807) is 42.5 Å². The molecule has 0 spiro atoms. The lowest BCUT2D eigenvalue weighted by atomic mass is 10.1. The smallest absolute Gasteiger partial charge is 0.262 e. The van der Waals surface area contributed by atoms with Crippen molar-refractivity contribution < 1.29 is 13.5 Å². The molecule has 0 unspecified atom stereocenters. The van der Waals surface area contributed by atoms with Crippen molar-refractivity contribution >= 4 is 15.7 Å². The van der Waals surface area contributed by atoms with Gasteiger partial charge < -0.3 is 10.8 Å². The summed E-state index contributed by atoms with van der Waals surface area (Å²) in [5.74, 6) is 0. The highest BCUT2D eigenvalue weighted by Crippen LogP contribution is 2.19. The zero-order valence-electron chi connectivity index (χ0n) is 11.5. The van der Waals surface area contributed by atoms with Crippen LogP contribution in [0, 0.1) is 0 Å². The third-order valence-corrected chi connectivity index (χ3v) is 4.57. The second-order valence-corrected chi connectivity index (χ2v) is 6.24. The van der Waals surface area contributed by atoms with Gasteiger partial charge in [-0.2, -0.15) is 0 Å². The molecule has 0 aromatic heterocycles. The molecule has 4 N–H and O–H groups in total. The summed E-state index contributed by atoms with van der Waals surface area (Å²) in [5.41, 5.74) is 7.57. The molecule has 0 radical (unpaired) electrons. The fraction of sp³-hybridized carbons (Fsp3) is 0.200. The van der Waals surface area contributed by atoms with Crippen LogP contribution in [0.1, 0.15) is 11.1 Å². The van der Waals surface area contributed by atoms with E-state index < -0.39 is 10.0 Å². The van der Waals surface area contributed by atoms with Gasteiger partial charge in [-0.15, -0.1) is 0 Å².